The predicted octanol–water partition coefficient (Wildman–Crippen LogP) is 12.2. The summed E-state index contributed by atoms with van der Waals surface area (Å²) in [5.74, 6) is -1.14. The molecule has 1 aliphatic heterocycles. The van der Waals surface area contributed by atoms with Crippen LogP contribution in [0.1, 0.15) is 144 Å². The molecule has 330 valence electrons. The van der Waals surface area contributed by atoms with Crippen LogP contribution in [0, 0.1) is 5.92 Å². The Bertz CT molecular complexity index is 1870. The van der Waals surface area contributed by atoms with E-state index < -0.39 is 36.0 Å². The largest absolute Gasteiger partial charge is 0.494 e. The van der Waals surface area contributed by atoms with Crippen LogP contribution in [0.25, 0.3) is 22.3 Å². The number of unbranched alkanes of at least 4 members (excludes halogenated alkanes) is 10. The topological polar surface area (TPSA) is 108 Å². The molecule has 2 atom stereocenters. The average Bonchev–Trinajstić information content (AvgIpc) is 3.51. The number of benzene rings is 4. The molecule has 1 heterocycles. The van der Waals surface area contributed by atoms with E-state index in [1.54, 1.807) is 48.5 Å². The van der Waals surface area contributed by atoms with Crippen molar-refractivity contribution in [2.45, 2.75) is 135 Å². The van der Waals surface area contributed by atoms with Crippen LogP contribution in [0.3, 0.4) is 0 Å². The maximum Gasteiger partial charge on any atom is 0.339 e. The lowest BCUT2D eigenvalue weighted by Crippen LogP contribution is -2.37. The number of amides is 2. The maximum absolute atomic E-state index is 13.9. The Morgan fingerprint density at radius 3 is 1.23 bits per heavy atom. The summed E-state index contributed by atoms with van der Waals surface area (Å²) in [6.45, 7) is 6.02. The molecule has 9 heteroatoms. The number of likely N-dealkylation sites (tertiary alicyclic amines) is 1. The Morgan fingerprint density at radius 2 is 0.839 bits per heavy atom. The molecule has 1 saturated heterocycles. The van der Waals surface area contributed by atoms with E-state index in [2.05, 4.69) is 13.8 Å². The summed E-state index contributed by atoms with van der Waals surface area (Å²) in [7, 11) is 0. The van der Waals surface area contributed by atoms with Gasteiger partial charge in [0.25, 0.3) is 11.8 Å². The van der Waals surface area contributed by atoms with Crippen molar-refractivity contribution in [3.63, 3.8) is 0 Å². The highest BCUT2D eigenvalue weighted by Crippen LogP contribution is 2.31. The Morgan fingerprint density at radius 1 is 0.484 bits per heavy atom. The molecular formula is C53H65NO8. The number of hydrogen-bond acceptors (Lipinski definition) is 8. The van der Waals surface area contributed by atoms with Gasteiger partial charge < -0.3 is 18.9 Å². The third-order valence-electron chi connectivity index (χ3n) is 12.1. The van der Waals surface area contributed by atoms with E-state index >= 15 is 0 Å². The van der Waals surface area contributed by atoms with E-state index in [0.717, 1.165) is 83.6 Å². The van der Waals surface area contributed by atoms with Gasteiger partial charge in [-0.05, 0) is 102 Å². The molecule has 4 aromatic rings. The number of carbonyl (C=O) groups is 4. The summed E-state index contributed by atoms with van der Waals surface area (Å²) in [5, 5.41) is 0. The molecule has 0 N–H and O–H groups in total. The van der Waals surface area contributed by atoms with Gasteiger partial charge in [0, 0.05) is 6.54 Å². The number of rotatable bonds is 24. The molecule has 0 spiro atoms. The molecule has 2 amide bonds. The van der Waals surface area contributed by atoms with E-state index in [4.69, 9.17) is 18.9 Å². The first kappa shape index (κ1) is 46.1. The van der Waals surface area contributed by atoms with Gasteiger partial charge >= 0.3 is 11.9 Å². The summed E-state index contributed by atoms with van der Waals surface area (Å²) < 4.78 is 23.4. The fraction of sp³-hybridized carbons (Fsp3) is 0.472. The lowest BCUT2D eigenvalue weighted by molar-refractivity contribution is -0.142. The number of ether oxygens (including phenoxy) is 4. The van der Waals surface area contributed by atoms with Crippen LogP contribution in [0.2, 0.25) is 0 Å². The van der Waals surface area contributed by atoms with Gasteiger partial charge in [0.05, 0.1) is 24.3 Å². The Labute approximate surface area is 368 Å². The van der Waals surface area contributed by atoms with Crippen LogP contribution in [0.4, 0.5) is 0 Å². The first-order valence-electron chi connectivity index (χ1n) is 23.3. The normalized spacial score (nSPS) is 16.6. The molecule has 9 nitrogen and oxygen atoms in total. The van der Waals surface area contributed by atoms with Crippen LogP contribution in [0.5, 0.6) is 11.5 Å². The molecule has 0 unspecified atom stereocenters. The van der Waals surface area contributed by atoms with E-state index in [1.807, 2.05) is 48.5 Å². The van der Waals surface area contributed by atoms with Crippen LogP contribution in [0.15, 0.2) is 97.1 Å². The minimum Gasteiger partial charge on any atom is -0.494 e. The van der Waals surface area contributed by atoms with E-state index in [0.29, 0.717) is 13.2 Å². The van der Waals surface area contributed by atoms with E-state index in [1.165, 1.54) is 64.2 Å². The highest BCUT2D eigenvalue weighted by Gasteiger charge is 2.53. The number of hydrogen-bond donors (Lipinski definition) is 0. The second kappa shape index (κ2) is 24.3. The number of esters is 2. The molecule has 2 aliphatic rings. The molecule has 1 saturated carbocycles. The van der Waals surface area contributed by atoms with Gasteiger partial charge in [-0.3, -0.25) is 14.5 Å². The average molecular weight is 844 g/mol. The summed E-state index contributed by atoms with van der Waals surface area (Å²) >= 11 is 0. The summed E-state index contributed by atoms with van der Waals surface area (Å²) in [6.07, 6.45) is 16.2. The summed E-state index contributed by atoms with van der Waals surface area (Å²) in [5.41, 5.74) is 4.09. The van der Waals surface area contributed by atoms with Crippen molar-refractivity contribution in [2.24, 2.45) is 5.92 Å². The van der Waals surface area contributed by atoms with Gasteiger partial charge in [0.1, 0.15) is 11.5 Å². The number of imide groups is 1. The summed E-state index contributed by atoms with van der Waals surface area (Å²) in [6, 6.07) is 29.4. The highest BCUT2D eigenvalue weighted by atomic mass is 16.6. The second-order valence-electron chi connectivity index (χ2n) is 16.9. The van der Waals surface area contributed by atoms with Crippen molar-refractivity contribution in [1.29, 1.82) is 0 Å². The van der Waals surface area contributed by atoms with Crippen LogP contribution in [-0.4, -0.2) is 60.6 Å². The first-order chi connectivity index (χ1) is 30.3. The van der Waals surface area contributed by atoms with Gasteiger partial charge in [0.2, 0.25) is 12.2 Å². The maximum atomic E-state index is 13.9. The molecular weight excluding hydrogens is 779 g/mol. The van der Waals surface area contributed by atoms with Crippen LogP contribution < -0.4 is 9.47 Å². The van der Waals surface area contributed by atoms with Crippen molar-refractivity contribution in [1.82, 2.24) is 4.90 Å². The molecule has 0 bridgehead atoms. The standard InChI is InChI=1S/C53H65NO8/c1-3-5-7-9-11-16-36-59-46-32-28-42(29-33-46)40-20-24-44(25-21-40)52(57)61-48-49(51(56)54(50(48)55)38-39-18-14-13-15-19-39)62-53(58)45-26-22-41(23-27-45)43-30-34-47(35-31-43)60-37-17-12-10-8-6-4-2/h20-35,39,48-49H,3-19,36-38H2,1-2H3/t48-,49-/m1/s1. The van der Waals surface area contributed by atoms with Crippen LogP contribution in [-0.2, 0) is 19.1 Å². The van der Waals surface area contributed by atoms with Crippen molar-refractivity contribution in [2.75, 3.05) is 19.8 Å². The third kappa shape index (κ3) is 13.3. The van der Waals surface area contributed by atoms with Crippen molar-refractivity contribution in [3.05, 3.63) is 108 Å². The molecule has 6 rings (SSSR count). The number of nitrogens with zero attached hydrogens (tertiary/aromatic N) is 1. The smallest absolute Gasteiger partial charge is 0.339 e. The Kier molecular flexibility index (Phi) is 18.0. The Balaban J connectivity index is 1.06. The minimum absolute atomic E-state index is 0.143. The zero-order valence-electron chi connectivity index (χ0n) is 36.8. The molecule has 0 aromatic heterocycles. The Hall–Kier alpha value is -5.44. The van der Waals surface area contributed by atoms with Crippen molar-refractivity contribution < 1.29 is 38.1 Å². The van der Waals surface area contributed by atoms with E-state index in [-0.39, 0.29) is 23.6 Å². The molecule has 62 heavy (non-hydrogen) atoms. The molecule has 1 aliphatic carbocycles. The SMILES string of the molecule is CCCCCCCCOc1ccc(-c2ccc(C(=O)O[C@H]3C(=O)N(CC4CCCCC4)C(=O)[C@@H]3OC(=O)c3ccc(-c4ccc(OCCCCCCCC)cc4)cc3)cc2)cc1. The van der Waals surface area contributed by atoms with Gasteiger partial charge in [0.15, 0.2) is 0 Å². The zero-order valence-corrected chi connectivity index (χ0v) is 36.8. The minimum atomic E-state index is -1.60. The van der Waals surface area contributed by atoms with Gasteiger partial charge in [-0.25, -0.2) is 9.59 Å². The van der Waals surface area contributed by atoms with Crippen LogP contribution >= 0.6 is 0 Å². The van der Waals surface area contributed by atoms with Gasteiger partial charge in [-0.2, -0.15) is 0 Å². The molecule has 4 aromatic carbocycles. The van der Waals surface area contributed by atoms with Gasteiger partial charge in [-0.1, -0.05) is 146 Å². The predicted molar refractivity (Wildman–Crippen MR) is 243 cm³/mol. The van der Waals surface area contributed by atoms with Crippen molar-refractivity contribution in [3.8, 4) is 33.8 Å². The monoisotopic (exact) mass is 843 g/mol. The zero-order chi connectivity index (χ0) is 43.5. The molecule has 0 radical (unpaired) electrons. The lowest BCUT2D eigenvalue weighted by Gasteiger charge is -2.25. The van der Waals surface area contributed by atoms with Crippen molar-refractivity contribution >= 4 is 23.8 Å². The van der Waals surface area contributed by atoms with Gasteiger partial charge in [-0.15, -0.1) is 0 Å². The van der Waals surface area contributed by atoms with E-state index in [9.17, 15) is 19.2 Å². The fourth-order valence-electron chi connectivity index (χ4n) is 8.30. The second-order valence-corrected chi connectivity index (χ2v) is 16.9. The fourth-order valence-corrected chi connectivity index (χ4v) is 8.30. The highest BCUT2D eigenvalue weighted by molar-refractivity contribution is 6.10. The molecule has 2 fully saturated rings. The summed E-state index contributed by atoms with van der Waals surface area (Å²) in [4.78, 5) is 56.0. The lowest BCUT2D eigenvalue weighted by atomic mass is 9.89. The number of carbonyl (C=O) groups excluding carboxylic acids is 4. The quantitative estimate of drug-likeness (QED) is 0.0390. The third-order valence-corrected chi connectivity index (χ3v) is 12.1. The first-order valence-corrected chi connectivity index (χ1v) is 23.3.